The van der Waals surface area contributed by atoms with Crippen molar-refractivity contribution in [3.63, 3.8) is 0 Å². The minimum Gasteiger partial charge on any atom is -0.241 e. The maximum absolute atomic E-state index is 4.70. The second-order valence-electron chi connectivity index (χ2n) is 6.35. The van der Waals surface area contributed by atoms with Crippen LogP contribution in [-0.4, -0.2) is 4.98 Å². The molecule has 0 aliphatic rings. The molecule has 3 aromatic carbocycles. The second-order valence-corrected chi connectivity index (χ2v) is 7.59. The summed E-state index contributed by atoms with van der Waals surface area (Å²) < 4.78 is 1.25. The van der Waals surface area contributed by atoms with Gasteiger partial charge in [-0.1, -0.05) is 73.7 Å². The van der Waals surface area contributed by atoms with Gasteiger partial charge in [-0.15, -0.1) is 11.3 Å². The van der Waals surface area contributed by atoms with Crippen LogP contribution < -0.4 is 0 Å². The highest BCUT2D eigenvalue weighted by Crippen LogP contribution is 2.36. The smallest absolute Gasteiger partial charge is 0.0907 e. The quantitative estimate of drug-likeness (QED) is 0.360. The van der Waals surface area contributed by atoms with Crippen LogP contribution in [0.4, 0.5) is 0 Å². The largest absolute Gasteiger partial charge is 0.241 e. The summed E-state index contributed by atoms with van der Waals surface area (Å²) in [5.41, 5.74) is 7.51. The van der Waals surface area contributed by atoms with E-state index in [1.165, 1.54) is 32.5 Å². The van der Waals surface area contributed by atoms with Crippen LogP contribution in [0.15, 0.2) is 78.9 Å². The Balaban J connectivity index is 2.00. The molecule has 0 saturated carbocycles. The molecule has 4 rings (SSSR count). The van der Waals surface area contributed by atoms with Crippen molar-refractivity contribution in [2.45, 2.75) is 20.3 Å². The summed E-state index contributed by atoms with van der Waals surface area (Å²) in [6.45, 7) is 4.30. The van der Waals surface area contributed by atoms with Gasteiger partial charge in [0.1, 0.15) is 0 Å². The molecule has 0 amide bonds. The predicted molar refractivity (Wildman–Crippen MR) is 113 cm³/mol. The molecule has 0 bridgehead atoms. The third kappa shape index (κ3) is 3.21. The number of fused-ring (bicyclic) bond motifs is 1. The molecule has 0 spiro atoms. The lowest BCUT2D eigenvalue weighted by Crippen LogP contribution is -1.95. The summed E-state index contributed by atoms with van der Waals surface area (Å²) >= 11 is 1.75. The molecule has 0 saturated heterocycles. The summed E-state index contributed by atoms with van der Waals surface area (Å²) in [5, 5.41) is 1.11. The molecular weight excluding hydrogens is 334 g/mol. The van der Waals surface area contributed by atoms with Gasteiger partial charge in [-0.05, 0) is 53.3 Å². The maximum atomic E-state index is 4.70. The first-order valence-electron chi connectivity index (χ1n) is 8.98. The van der Waals surface area contributed by atoms with E-state index in [2.05, 4.69) is 92.7 Å². The topological polar surface area (TPSA) is 12.9 Å². The third-order valence-corrected chi connectivity index (χ3v) is 5.58. The van der Waals surface area contributed by atoms with Crippen molar-refractivity contribution in [3.8, 4) is 0 Å². The fraction of sp³-hybridized carbons (Fsp3) is 0.125. The van der Waals surface area contributed by atoms with Gasteiger partial charge in [-0.25, -0.2) is 4.98 Å². The molecule has 0 N–H and O–H groups in total. The van der Waals surface area contributed by atoms with Gasteiger partial charge < -0.3 is 0 Å². The minimum absolute atomic E-state index is 0.975. The van der Waals surface area contributed by atoms with E-state index in [-0.39, 0.29) is 0 Å². The lowest BCUT2D eigenvalue weighted by atomic mass is 9.88. The summed E-state index contributed by atoms with van der Waals surface area (Å²) in [5.74, 6) is 0. The summed E-state index contributed by atoms with van der Waals surface area (Å²) in [7, 11) is 0. The van der Waals surface area contributed by atoms with Gasteiger partial charge in [-0.3, -0.25) is 0 Å². The first-order chi connectivity index (χ1) is 12.8. The first kappa shape index (κ1) is 16.7. The third-order valence-electron chi connectivity index (χ3n) is 4.62. The lowest BCUT2D eigenvalue weighted by molar-refractivity contribution is 1.24. The molecule has 0 unspecified atom stereocenters. The van der Waals surface area contributed by atoms with Gasteiger partial charge in [0.2, 0.25) is 0 Å². The Hall–Kier alpha value is -2.71. The maximum Gasteiger partial charge on any atom is 0.0907 e. The highest BCUT2D eigenvalue weighted by molar-refractivity contribution is 7.18. The van der Waals surface area contributed by atoms with Crippen molar-refractivity contribution < 1.29 is 0 Å². The van der Waals surface area contributed by atoms with E-state index >= 15 is 0 Å². The van der Waals surface area contributed by atoms with Crippen LogP contribution in [0.3, 0.4) is 0 Å². The van der Waals surface area contributed by atoms with Crippen LogP contribution in [0.5, 0.6) is 0 Å². The molecule has 1 nitrogen and oxygen atoms in total. The van der Waals surface area contributed by atoms with Gasteiger partial charge in [0, 0.05) is 0 Å². The molecule has 26 heavy (non-hydrogen) atoms. The van der Waals surface area contributed by atoms with Crippen LogP contribution in [-0.2, 0) is 0 Å². The second kappa shape index (κ2) is 7.27. The van der Waals surface area contributed by atoms with E-state index in [0.29, 0.717) is 0 Å². The zero-order chi connectivity index (χ0) is 17.9. The normalized spacial score (nSPS) is 12.2. The van der Waals surface area contributed by atoms with E-state index in [1.807, 2.05) is 0 Å². The summed E-state index contributed by atoms with van der Waals surface area (Å²) in [4.78, 5) is 4.70. The molecular formula is C24H21NS. The lowest BCUT2D eigenvalue weighted by Gasteiger charge is -2.16. The molecule has 128 valence electrons. The Kier molecular flexibility index (Phi) is 4.68. The monoisotopic (exact) mass is 355 g/mol. The van der Waals surface area contributed by atoms with E-state index in [1.54, 1.807) is 11.3 Å². The standard InChI is InChI=1S/C24H21NS/c1-3-21(18-10-6-4-7-11-18)24(19-12-8-5-9-13-19)20-14-15-23-22(16-20)25-17(2)26-23/h4-16H,3H2,1-2H3/b24-21+. The number of thiazole rings is 1. The highest BCUT2D eigenvalue weighted by Gasteiger charge is 2.14. The Morgan fingerprint density at radius 1 is 0.808 bits per heavy atom. The average Bonchev–Trinajstić information content (AvgIpc) is 3.06. The van der Waals surface area contributed by atoms with E-state index in [4.69, 9.17) is 4.98 Å². The molecule has 1 heterocycles. The molecule has 0 aliphatic heterocycles. The molecule has 2 heteroatoms. The molecule has 0 radical (unpaired) electrons. The Morgan fingerprint density at radius 3 is 2.12 bits per heavy atom. The number of nitrogens with zero attached hydrogens (tertiary/aromatic N) is 1. The van der Waals surface area contributed by atoms with Gasteiger partial charge in [0.05, 0.1) is 15.2 Å². The zero-order valence-corrected chi connectivity index (χ0v) is 15.9. The summed E-state index contributed by atoms with van der Waals surface area (Å²) in [6.07, 6.45) is 0.975. The zero-order valence-electron chi connectivity index (χ0n) is 15.1. The van der Waals surface area contributed by atoms with Crippen molar-refractivity contribution in [2.75, 3.05) is 0 Å². The number of aryl methyl sites for hydroxylation is 1. The predicted octanol–water partition coefficient (Wildman–Crippen LogP) is 6.97. The van der Waals surface area contributed by atoms with Crippen LogP contribution in [0, 0.1) is 6.92 Å². The van der Waals surface area contributed by atoms with Crippen LogP contribution in [0.2, 0.25) is 0 Å². The fourth-order valence-electron chi connectivity index (χ4n) is 3.48. The Bertz CT molecular complexity index is 1060. The molecule has 0 atom stereocenters. The number of allylic oxidation sites excluding steroid dienone is 1. The number of hydrogen-bond donors (Lipinski definition) is 0. The highest BCUT2D eigenvalue weighted by atomic mass is 32.1. The van der Waals surface area contributed by atoms with Gasteiger partial charge >= 0.3 is 0 Å². The van der Waals surface area contributed by atoms with Crippen molar-refractivity contribution in [3.05, 3.63) is 101 Å². The van der Waals surface area contributed by atoms with Crippen molar-refractivity contribution in [2.24, 2.45) is 0 Å². The number of aromatic nitrogens is 1. The first-order valence-corrected chi connectivity index (χ1v) is 9.79. The SMILES string of the molecule is CC/C(=C(/c1ccccc1)c1ccc2sc(C)nc2c1)c1ccccc1. The van der Waals surface area contributed by atoms with E-state index < -0.39 is 0 Å². The van der Waals surface area contributed by atoms with Gasteiger partial charge in [0.15, 0.2) is 0 Å². The van der Waals surface area contributed by atoms with Crippen molar-refractivity contribution in [1.29, 1.82) is 0 Å². The number of benzene rings is 3. The molecule has 0 aliphatic carbocycles. The number of rotatable bonds is 4. The van der Waals surface area contributed by atoms with Crippen molar-refractivity contribution >= 4 is 32.7 Å². The van der Waals surface area contributed by atoms with Crippen molar-refractivity contribution in [1.82, 2.24) is 4.98 Å². The number of hydrogen-bond acceptors (Lipinski definition) is 2. The van der Waals surface area contributed by atoms with Gasteiger partial charge in [-0.2, -0.15) is 0 Å². The Labute approximate surface area is 158 Å². The fourth-order valence-corrected chi connectivity index (χ4v) is 4.29. The van der Waals surface area contributed by atoms with E-state index in [9.17, 15) is 0 Å². The summed E-state index contributed by atoms with van der Waals surface area (Å²) in [6, 6.07) is 28.1. The minimum atomic E-state index is 0.975. The van der Waals surface area contributed by atoms with E-state index in [0.717, 1.165) is 16.9 Å². The Morgan fingerprint density at radius 2 is 1.46 bits per heavy atom. The average molecular weight is 356 g/mol. The van der Waals surface area contributed by atoms with Crippen LogP contribution >= 0.6 is 11.3 Å². The van der Waals surface area contributed by atoms with Crippen LogP contribution in [0.1, 0.15) is 35.0 Å². The molecule has 1 aromatic heterocycles. The molecule has 4 aromatic rings. The van der Waals surface area contributed by atoms with Crippen LogP contribution in [0.25, 0.3) is 21.4 Å². The molecule has 0 fully saturated rings. The van der Waals surface area contributed by atoms with Gasteiger partial charge in [0.25, 0.3) is 0 Å².